The molecule has 2 aliphatic rings. The topological polar surface area (TPSA) is 269 Å². The largest absolute Gasteiger partial charge is 1.00 e. The molecule has 2 aliphatic heterocycles. The van der Waals surface area contributed by atoms with Crippen molar-refractivity contribution in [2.45, 2.75) is 40.8 Å². The van der Waals surface area contributed by atoms with Crippen LogP contribution in [0.15, 0.2) is 227 Å². The molecule has 0 saturated heterocycles. The maximum Gasteiger partial charge on any atom is 1.00 e. The Hall–Kier alpha value is -10.5. The van der Waals surface area contributed by atoms with E-state index in [-0.39, 0.29) is 72.7 Å². The molecule has 0 saturated carbocycles. The van der Waals surface area contributed by atoms with Crippen LogP contribution >= 0.6 is 89.9 Å². The first-order valence-electron chi connectivity index (χ1n) is 34.9. The number of phenols is 4. The van der Waals surface area contributed by atoms with Gasteiger partial charge in [-0.1, -0.05) is 152 Å². The second-order valence-corrected chi connectivity index (χ2v) is 28.3. The van der Waals surface area contributed by atoms with Gasteiger partial charge in [0, 0.05) is 64.3 Å². The molecular formula is C93H83Br2Cl5NNaO17. The predicted octanol–water partition coefficient (Wildman–Crippen LogP) is 20.5. The van der Waals surface area contributed by atoms with Gasteiger partial charge in [-0.15, -0.1) is 18.0 Å². The van der Waals surface area contributed by atoms with Gasteiger partial charge in [-0.25, -0.2) is 0 Å². The molecular weight excluding hydrogens is 1760 g/mol. The van der Waals surface area contributed by atoms with Crippen LogP contribution < -0.4 is 88.2 Å². The van der Waals surface area contributed by atoms with Crippen LogP contribution in [0.25, 0.3) is 76.1 Å². The summed E-state index contributed by atoms with van der Waals surface area (Å²) < 4.78 is 55.7. The average Bonchev–Trinajstić information content (AvgIpc) is 0.756. The second kappa shape index (κ2) is 47.3. The number of alkyl halides is 1. The number of benzene rings is 14. The van der Waals surface area contributed by atoms with Crippen molar-refractivity contribution in [3.05, 3.63) is 270 Å². The van der Waals surface area contributed by atoms with Crippen LogP contribution in [0.2, 0.25) is 20.1 Å². The van der Waals surface area contributed by atoms with Gasteiger partial charge in [0.05, 0.1) is 82.3 Å². The van der Waals surface area contributed by atoms with E-state index in [1.165, 1.54) is 0 Å². The first-order valence-corrected chi connectivity index (χ1v) is 38.6. The maximum absolute atomic E-state index is 9.62. The molecule has 0 atom stereocenters. The van der Waals surface area contributed by atoms with Gasteiger partial charge < -0.3 is 89.0 Å². The fraction of sp³-hybridized carbons (Fsp3) is 0.151. The Bertz CT molecular complexity index is 5980. The molecule has 0 aliphatic carbocycles. The van der Waals surface area contributed by atoms with E-state index in [1.807, 2.05) is 152 Å². The molecule has 0 bridgehead atoms. The average molecular weight is 1850 g/mol. The zero-order chi connectivity index (χ0) is 83.7. The number of methoxy groups -OCH3 is 7. The molecule has 0 aromatic heterocycles. The number of halogens is 7. The van der Waals surface area contributed by atoms with Crippen LogP contribution in [-0.2, 0) is 31.2 Å². The summed E-state index contributed by atoms with van der Waals surface area (Å²) in [7, 11) is 11.4. The van der Waals surface area contributed by atoms with Crippen molar-refractivity contribution in [2.24, 2.45) is 0 Å². The Labute approximate surface area is 754 Å². The molecule has 0 radical (unpaired) electrons. The normalized spacial score (nSPS) is 10.4. The van der Waals surface area contributed by atoms with Crippen molar-refractivity contribution in [2.75, 3.05) is 55.6 Å². The Kier molecular flexibility index (Phi) is 38.7. The number of rotatable bonds is 11. The van der Waals surface area contributed by atoms with Gasteiger partial charge in [0.1, 0.15) is 100 Å². The number of hydrogen-bond acceptors (Lipinski definition) is 18. The Morgan fingerprint density at radius 3 is 1.32 bits per heavy atom. The third kappa shape index (κ3) is 25.8. The van der Waals surface area contributed by atoms with Gasteiger partial charge in [0.15, 0.2) is 0 Å². The number of fused-ring (bicyclic) bond motifs is 11. The number of carboxylic acids is 1. The third-order valence-electron chi connectivity index (χ3n) is 17.6. The number of hydrogen-bond donors (Lipinski definition) is 6. The molecule has 16 rings (SSSR count). The van der Waals surface area contributed by atoms with Crippen LogP contribution in [0.1, 0.15) is 36.6 Å². The van der Waals surface area contributed by atoms with Crippen molar-refractivity contribution < 1.29 is 112 Å². The first kappa shape index (κ1) is 97.3. The summed E-state index contributed by atoms with van der Waals surface area (Å²) in [4.78, 5) is 8.89. The van der Waals surface area contributed by atoms with E-state index in [4.69, 9.17) is 127 Å². The zero-order valence-electron chi connectivity index (χ0n) is 65.4. The molecule has 14 aromatic rings. The van der Waals surface area contributed by atoms with Crippen molar-refractivity contribution in [1.29, 1.82) is 0 Å². The van der Waals surface area contributed by atoms with E-state index in [0.29, 0.717) is 57.3 Å². The number of terminal acetylenes is 1. The summed E-state index contributed by atoms with van der Waals surface area (Å²) in [5, 5.41) is 67.1. The molecule has 0 spiro atoms. The molecule has 0 fully saturated rings. The smallest absolute Gasteiger partial charge is 0.550 e. The molecule has 0 amide bonds. The summed E-state index contributed by atoms with van der Waals surface area (Å²) in [6.07, 6.45) is 4.73. The van der Waals surface area contributed by atoms with E-state index in [2.05, 4.69) is 61.8 Å². The molecule has 14 aromatic carbocycles. The number of aliphatic carboxylic acids is 1. The molecule has 612 valence electrons. The Morgan fingerprint density at radius 1 is 0.445 bits per heavy atom. The number of carbonyl (C=O) groups excluding carboxylic acids is 1. The fourth-order valence-corrected chi connectivity index (χ4v) is 13.8. The van der Waals surface area contributed by atoms with Gasteiger partial charge in [0.2, 0.25) is 0 Å². The number of aliphatic hydroxyl groups excluding tert-OH is 1. The van der Waals surface area contributed by atoms with Crippen LogP contribution in [0.3, 0.4) is 0 Å². The van der Waals surface area contributed by atoms with Gasteiger partial charge in [0.25, 0.3) is 0 Å². The van der Waals surface area contributed by atoms with Gasteiger partial charge in [-0.3, -0.25) is 0 Å². The Morgan fingerprint density at radius 2 is 0.815 bits per heavy atom. The quantitative estimate of drug-likeness (QED) is 0.0399. The summed E-state index contributed by atoms with van der Waals surface area (Å²) in [6, 6.07) is 67.2. The molecule has 26 heteroatoms. The van der Waals surface area contributed by atoms with E-state index < -0.39 is 5.97 Å². The minimum absolute atomic E-state index is 0. The Balaban J connectivity index is 0.000000219. The van der Waals surface area contributed by atoms with Gasteiger partial charge in [-0.05, 0) is 225 Å². The number of carbonyl (C=O) groups is 1. The van der Waals surface area contributed by atoms with Crippen molar-refractivity contribution >= 4 is 150 Å². The maximum atomic E-state index is 9.62. The number of ether oxygens (including phenoxy) is 10. The number of phenolic OH excluding ortho intramolecular Hbond substituents is 4. The van der Waals surface area contributed by atoms with Gasteiger partial charge in [-0.2, -0.15) is 0 Å². The zero-order valence-corrected chi connectivity index (χ0v) is 74.3. The molecule has 0 unspecified atom stereocenters. The summed E-state index contributed by atoms with van der Waals surface area (Å²) in [5.41, 5.74) is 7.89. The number of aliphatic hydroxyl groups is 1. The van der Waals surface area contributed by atoms with Crippen LogP contribution in [0, 0.1) is 24.2 Å². The van der Waals surface area contributed by atoms with Crippen molar-refractivity contribution in [1.82, 2.24) is 6.15 Å². The van der Waals surface area contributed by atoms with E-state index in [0.717, 1.165) is 160 Å². The minimum Gasteiger partial charge on any atom is -0.550 e. The third-order valence-corrected chi connectivity index (χ3v) is 20.8. The molecule has 119 heavy (non-hydrogen) atoms. The van der Waals surface area contributed by atoms with Crippen LogP contribution in [0.4, 0.5) is 0 Å². The standard InChI is InChI=1S/C19H16BrClO3.C19H15ClO3.C17H11ClO3.C11H9ClO2.C11H10O2.C8H9BrO2.C5H3Cl.C2H4O2.CH4.H3N.Na/c1-22-14-6-7-17(20)13(9-14)11-24-18-8-4-12-3-5-15(23-2)10-16(12)19(18)21;1-21-13-5-6-15-12(7-13)10-23-19-17(15)8-11-3-4-14(22-2)9-16(11)18(19)20;18-16-14-7-12(20)2-1-9(14)6-15-13-4-3-11(19)5-10(13)8-21-17(15)16;1-14-8-4-2-7-3-5-10(13)11(12)9(7)6-8;1-13-11-5-3-8-2-4-10(12)6-9(8)7-11;1-11-7-2-3-8(9)6(4-7)5-10;1-2-3-4-5-6;1-2(3)4;;;/h3-10H,11H2,1-2H3;3-9H,10H2,1-2H3;1-7,19-20H,8H2;2-6,13H,1H3;2-7,12H,1H3;2-4,10H,5H2,1H3;1H,5H2;1H3,(H,3,4);1H4;1H3;/q;;;;;;;;;;+1/p-1. The van der Waals surface area contributed by atoms with Crippen LogP contribution in [-0.4, -0.2) is 87.2 Å². The van der Waals surface area contributed by atoms with Gasteiger partial charge >= 0.3 is 29.6 Å². The van der Waals surface area contributed by atoms with Crippen molar-refractivity contribution in [3.8, 4) is 127 Å². The molecule has 18 nitrogen and oxygen atoms in total. The molecule has 8 N–H and O–H groups in total. The van der Waals surface area contributed by atoms with E-state index in [1.54, 1.807) is 104 Å². The minimum atomic E-state index is -1.08. The van der Waals surface area contributed by atoms with Crippen LogP contribution in [0.5, 0.6) is 80.5 Å². The number of aromatic hydroxyl groups is 4. The predicted molar refractivity (Wildman–Crippen MR) is 480 cm³/mol. The SMILES string of the molecule is C.C#CC#CCCl.CC(=O)[O-].COc1ccc(Br)c(CO)c1.COc1ccc(Br)c(COc2ccc3ccc(OC)cc3c2Cl)c1.COc1ccc2c(c1)COc1c-2cc2ccc(OC)cc2c1Cl.COc1ccc2ccc(O)c(Cl)c2c1.COc1ccc2ccc(O)cc2c1.N.Oc1ccc2c(c1)COc1c-2cc2ccc(O)cc2c1Cl.[Na+]. The monoisotopic (exact) mass is 1840 g/mol. The van der Waals surface area contributed by atoms with Crippen molar-refractivity contribution in [3.63, 3.8) is 0 Å². The molecule has 2 heterocycles. The summed E-state index contributed by atoms with van der Waals surface area (Å²) >= 11 is 37.5. The number of carboxylic acid groups (broad SMARTS) is 1. The van der Waals surface area contributed by atoms with E-state index >= 15 is 0 Å². The summed E-state index contributed by atoms with van der Waals surface area (Å²) in [5.74, 6) is 14.4. The second-order valence-electron chi connectivity index (χ2n) is 24.8. The summed E-state index contributed by atoms with van der Waals surface area (Å²) in [6.45, 7) is 2.22. The fourth-order valence-electron chi connectivity index (χ4n) is 11.8. The first-order chi connectivity index (χ1) is 55.9. The van der Waals surface area contributed by atoms with E-state index in [9.17, 15) is 20.4 Å².